The molecule has 3 rings (SSSR count). The molecule has 2 aromatic rings. The van der Waals surface area contributed by atoms with E-state index in [0.29, 0.717) is 6.54 Å². The summed E-state index contributed by atoms with van der Waals surface area (Å²) in [5.41, 5.74) is 3.21. The Balaban J connectivity index is 1.78. The third-order valence-electron chi connectivity index (χ3n) is 3.54. The highest BCUT2D eigenvalue weighted by molar-refractivity contribution is 5.51. The highest BCUT2D eigenvalue weighted by atomic mass is 19.1. The van der Waals surface area contributed by atoms with E-state index < -0.39 is 11.6 Å². The minimum absolute atomic E-state index is 0.0286. The Hall–Kier alpha value is -2.45. The number of halogens is 2. The lowest BCUT2D eigenvalue weighted by atomic mass is 10.1. The maximum absolute atomic E-state index is 13.8. The summed E-state index contributed by atoms with van der Waals surface area (Å²) in [5.74, 6) is -1.51. The first-order chi connectivity index (χ1) is 10.2. The minimum Gasteiger partial charge on any atom is -0.376 e. The molecule has 0 radical (unpaired) electrons. The molecule has 3 nitrogen and oxygen atoms in total. The van der Waals surface area contributed by atoms with Gasteiger partial charge in [-0.1, -0.05) is 18.2 Å². The van der Waals surface area contributed by atoms with Crippen LogP contribution in [0.1, 0.15) is 22.3 Å². The van der Waals surface area contributed by atoms with Crippen LogP contribution in [0.3, 0.4) is 0 Å². The van der Waals surface area contributed by atoms with Gasteiger partial charge >= 0.3 is 0 Å². The van der Waals surface area contributed by atoms with Crippen LogP contribution in [0.25, 0.3) is 0 Å². The molecular formula is C16H13F2N3. The summed E-state index contributed by atoms with van der Waals surface area (Å²) < 4.78 is 27.5. The number of fused-ring (bicyclic) bond motifs is 1. The van der Waals surface area contributed by atoms with Crippen molar-refractivity contribution in [2.75, 3.05) is 5.32 Å². The molecule has 0 atom stereocenters. The van der Waals surface area contributed by atoms with Crippen molar-refractivity contribution in [1.29, 1.82) is 5.26 Å². The Bertz CT molecular complexity index is 712. The van der Waals surface area contributed by atoms with Gasteiger partial charge in [0.2, 0.25) is 0 Å². The van der Waals surface area contributed by atoms with Gasteiger partial charge in [0.1, 0.15) is 5.69 Å². The maximum Gasteiger partial charge on any atom is 0.150 e. The number of nitrogens with one attached hydrogen (secondary N) is 2. The van der Waals surface area contributed by atoms with E-state index in [1.54, 1.807) is 6.07 Å². The van der Waals surface area contributed by atoms with Crippen molar-refractivity contribution in [3.8, 4) is 6.07 Å². The number of anilines is 1. The van der Waals surface area contributed by atoms with Crippen LogP contribution in [-0.2, 0) is 19.6 Å². The van der Waals surface area contributed by atoms with Crippen LogP contribution < -0.4 is 10.6 Å². The van der Waals surface area contributed by atoms with E-state index in [9.17, 15) is 8.78 Å². The van der Waals surface area contributed by atoms with Crippen LogP contribution in [-0.4, -0.2) is 0 Å². The zero-order chi connectivity index (χ0) is 14.8. The quantitative estimate of drug-likeness (QED) is 0.911. The smallest absolute Gasteiger partial charge is 0.150 e. The molecule has 0 saturated carbocycles. The maximum atomic E-state index is 13.8. The summed E-state index contributed by atoms with van der Waals surface area (Å²) in [4.78, 5) is 0. The van der Waals surface area contributed by atoms with Crippen molar-refractivity contribution in [3.05, 3.63) is 64.2 Å². The molecule has 0 fully saturated rings. The number of nitriles is 1. The topological polar surface area (TPSA) is 47.9 Å². The summed E-state index contributed by atoms with van der Waals surface area (Å²) >= 11 is 0. The lowest BCUT2D eigenvalue weighted by Gasteiger charge is -2.10. The lowest BCUT2D eigenvalue weighted by Crippen LogP contribution is -2.05. The van der Waals surface area contributed by atoms with Gasteiger partial charge < -0.3 is 10.6 Å². The van der Waals surface area contributed by atoms with Gasteiger partial charge in [0.25, 0.3) is 0 Å². The van der Waals surface area contributed by atoms with Gasteiger partial charge in [-0.3, -0.25) is 0 Å². The second kappa shape index (κ2) is 5.51. The Labute approximate surface area is 121 Å². The third-order valence-corrected chi connectivity index (χ3v) is 3.54. The van der Waals surface area contributed by atoms with Gasteiger partial charge in [-0.05, 0) is 28.8 Å². The highest BCUT2D eigenvalue weighted by Crippen LogP contribution is 2.22. The van der Waals surface area contributed by atoms with Crippen molar-refractivity contribution < 1.29 is 8.78 Å². The summed E-state index contributed by atoms with van der Waals surface area (Å²) in [6.07, 6.45) is 0. The largest absolute Gasteiger partial charge is 0.376 e. The molecule has 1 aliphatic rings. The summed E-state index contributed by atoms with van der Waals surface area (Å²) in [6, 6.07) is 9.77. The van der Waals surface area contributed by atoms with Crippen molar-refractivity contribution in [3.63, 3.8) is 0 Å². The second-order valence-corrected chi connectivity index (χ2v) is 4.99. The van der Waals surface area contributed by atoms with E-state index in [1.807, 2.05) is 18.2 Å². The average Bonchev–Trinajstić information content (AvgIpc) is 2.93. The molecule has 0 aliphatic carbocycles. The normalized spacial score (nSPS) is 12.8. The monoisotopic (exact) mass is 285 g/mol. The highest BCUT2D eigenvalue weighted by Gasteiger charge is 2.13. The summed E-state index contributed by atoms with van der Waals surface area (Å²) in [7, 11) is 0. The van der Waals surface area contributed by atoms with E-state index in [4.69, 9.17) is 5.26 Å². The van der Waals surface area contributed by atoms with Crippen LogP contribution in [0.4, 0.5) is 14.5 Å². The van der Waals surface area contributed by atoms with Gasteiger partial charge in [-0.15, -0.1) is 0 Å². The SMILES string of the molecule is N#Cc1cc(F)c(NCc2ccc3c(c2)CNC3)c(F)c1. The first kappa shape index (κ1) is 13.5. The zero-order valence-corrected chi connectivity index (χ0v) is 11.2. The zero-order valence-electron chi connectivity index (χ0n) is 11.2. The molecule has 0 bridgehead atoms. The number of hydrogen-bond donors (Lipinski definition) is 2. The van der Waals surface area contributed by atoms with Crippen LogP contribution in [0, 0.1) is 23.0 Å². The van der Waals surface area contributed by atoms with E-state index in [1.165, 1.54) is 11.1 Å². The van der Waals surface area contributed by atoms with Crippen molar-refractivity contribution in [1.82, 2.24) is 5.32 Å². The molecule has 2 aromatic carbocycles. The van der Waals surface area contributed by atoms with E-state index in [2.05, 4.69) is 10.6 Å². The first-order valence-corrected chi connectivity index (χ1v) is 6.62. The van der Waals surface area contributed by atoms with Crippen LogP contribution >= 0.6 is 0 Å². The predicted octanol–water partition coefficient (Wildman–Crippen LogP) is 3.05. The molecule has 21 heavy (non-hydrogen) atoms. The summed E-state index contributed by atoms with van der Waals surface area (Å²) in [6.45, 7) is 2.01. The van der Waals surface area contributed by atoms with E-state index >= 15 is 0 Å². The Morgan fingerprint density at radius 1 is 1.10 bits per heavy atom. The average molecular weight is 285 g/mol. The first-order valence-electron chi connectivity index (χ1n) is 6.62. The fraction of sp³-hybridized carbons (Fsp3) is 0.188. The van der Waals surface area contributed by atoms with Gasteiger partial charge in [-0.25, -0.2) is 8.78 Å². The molecule has 0 spiro atoms. The van der Waals surface area contributed by atoms with E-state index in [0.717, 1.165) is 30.8 Å². The Kier molecular flexibility index (Phi) is 3.55. The van der Waals surface area contributed by atoms with E-state index in [-0.39, 0.29) is 11.3 Å². The van der Waals surface area contributed by atoms with Gasteiger partial charge in [-0.2, -0.15) is 5.26 Å². The molecule has 5 heteroatoms. The van der Waals surface area contributed by atoms with Crippen molar-refractivity contribution >= 4 is 5.69 Å². The fourth-order valence-corrected chi connectivity index (χ4v) is 2.46. The van der Waals surface area contributed by atoms with Crippen LogP contribution in [0.2, 0.25) is 0 Å². The second-order valence-electron chi connectivity index (χ2n) is 4.99. The van der Waals surface area contributed by atoms with Crippen molar-refractivity contribution in [2.45, 2.75) is 19.6 Å². The molecule has 0 saturated heterocycles. The fourth-order valence-electron chi connectivity index (χ4n) is 2.46. The molecular weight excluding hydrogens is 272 g/mol. The van der Waals surface area contributed by atoms with Gasteiger partial charge in [0.15, 0.2) is 11.6 Å². The molecule has 1 heterocycles. The standard InChI is InChI=1S/C16H13F2N3/c17-14-4-11(6-19)5-15(18)16(14)21-7-10-1-2-12-8-20-9-13(12)3-10/h1-5,20-21H,7-9H2. The van der Waals surface area contributed by atoms with Crippen LogP contribution in [0.15, 0.2) is 30.3 Å². The number of nitrogens with zero attached hydrogens (tertiary/aromatic N) is 1. The molecule has 1 aliphatic heterocycles. The molecule has 2 N–H and O–H groups in total. The third kappa shape index (κ3) is 2.71. The minimum atomic E-state index is -0.755. The summed E-state index contributed by atoms with van der Waals surface area (Å²) in [5, 5.41) is 14.7. The van der Waals surface area contributed by atoms with Crippen LogP contribution in [0.5, 0.6) is 0 Å². The Morgan fingerprint density at radius 2 is 1.81 bits per heavy atom. The number of hydrogen-bond acceptors (Lipinski definition) is 3. The van der Waals surface area contributed by atoms with Gasteiger partial charge in [0, 0.05) is 19.6 Å². The lowest BCUT2D eigenvalue weighted by molar-refractivity contribution is 0.587. The molecule has 0 aromatic heterocycles. The molecule has 0 unspecified atom stereocenters. The number of benzene rings is 2. The number of rotatable bonds is 3. The predicted molar refractivity (Wildman–Crippen MR) is 75.4 cm³/mol. The van der Waals surface area contributed by atoms with Crippen molar-refractivity contribution in [2.24, 2.45) is 0 Å². The molecule has 0 amide bonds. The van der Waals surface area contributed by atoms with Gasteiger partial charge in [0.05, 0.1) is 11.6 Å². The molecule has 106 valence electrons. The Morgan fingerprint density at radius 3 is 2.52 bits per heavy atom.